The Bertz CT molecular complexity index is 755. The molecule has 1 aromatic carbocycles. The maximum Gasteiger partial charge on any atom is 0.187 e. The summed E-state index contributed by atoms with van der Waals surface area (Å²) in [6.45, 7) is 0. The van der Waals surface area contributed by atoms with Crippen molar-refractivity contribution >= 4 is 16.7 Å². The number of hydrogen-bond donors (Lipinski definition) is 2. The van der Waals surface area contributed by atoms with Crippen molar-refractivity contribution < 1.29 is 5.21 Å². The first-order chi connectivity index (χ1) is 9.31. The van der Waals surface area contributed by atoms with Gasteiger partial charge < -0.3 is 15.5 Å². The molecule has 3 N–H and O–H groups in total. The number of aromatic nitrogens is 2. The van der Waals surface area contributed by atoms with E-state index in [1.807, 2.05) is 47.2 Å². The van der Waals surface area contributed by atoms with Gasteiger partial charge in [0.25, 0.3) is 0 Å². The third-order valence-electron chi connectivity index (χ3n) is 3.00. The fourth-order valence-corrected chi connectivity index (χ4v) is 2.14. The van der Waals surface area contributed by atoms with Crippen LogP contribution in [0.15, 0.2) is 60.0 Å². The van der Waals surface area contributed by atoms with E-state index in [1.54, 1.807) is 12.3 Å². The van der Waals surface area contributed by atoms with Crippen LogP contribution >= 0.6 is 0 Å². The first-order valence-electron chi connectivity index (χ1n) is 5.80. The Hall–Kier alpha value is -2.82. The first kappa shape index (κ1) is 11.3. The summed E-state index contributed by atoms with van der Waals surface area (Å²) in [7, 11) is 0. The van der Waals surface area contributed by atoms with E-state index in [2.05, 4.69) is 10.1 Å². The molecule has 0 saturated carbocycles. The zero-order valence-corrected chi connectivity index (χ0v) is 10.1. The lowest BCUT2D eigenvalue weighted by Crippen LogP contribution is -2.17. The summed E-state index contributed by atoms with van der Waals surface area (Å²) < 4.78 is 1.87. The smallest absolute Gasteiger partial charge is 0.187 e. The van der Waals surface area contributed by atoms with Crippen LogP contribution in [0.4, 0.5) is 0 Å². The Morgan fingerprint density at radius 3 is 2.84 bits per heavy atom. The monoisotopic (exact) mass is 252 g/mol. The van der Waals surface area contributed by atoms with Gasteiger partial charge in [-0.15, -0.1) is 0 Å². The molecule has 0 unspecified atom stereocenters. The highest BCUT2D eigenvalue weighted by atomic mass is 16.4. The molecule has 0 saturated heterocycles. The van der Waals surface area contributed by atoms with Crippen molar-refractivity contribution in [1.29, 1.82) is 0 Å². The van der Waals surface area contributed by atoms with Crippen LogP contribution in [0.3, 0.4) is 0 Å². The van der Waals surface area contributed by atoms with E-state index in [1.165, 1.54) is 0 Å². The number of oxime groups is 1. The van der Waals surface area contributed by atoms with Crippen LogP contribution in [0.5, 0.6) is 0 Å². The predicted molar refractivity (Wildman–Crippen MR) is 73.6 cm³/mol. The van der Waals surface area contributed by atoms with Crippen molar-refractivity contribution in [3.63, 3.8) is 0 Å². The molecule has 3 rings (SSSR count). The normalized spacial score (nSPS) is 11.9. The summed E-state index contributed by atoms with van der Waals surface area (Å²) >= 11 is 0. The van der Waals surface area contributed by atoms with Crippen molar-refractivity contribution in [1.82, 2.24) is 9.55 Å². The van der Waals surface area contributed by atoms with E-state index < -0.39 is 0 Å². The molecule has 2 heterocycles. The lowest BCUT2D eigenvalue weighted by atomic mass is 10.2. The number of fused-ring (bicyclic) bond motifs is 1. The molecule has 5 nitrogen and oxygen atoms in total. The topological polar surface area (TPSA) is 76.4 Å². The minimum atomic E-state index is 0.0749. The van der Waals surface area contributed by atoms with Gasteiger partial charge in [-0.05, 0) is 24.3 Å². The van der Waals surface area contributed by atoms with Gasteiger partial charge in [0.15, 0.2) is 5.84 Å². The summed E-state index contributed by atoms with van der Waals surface area (Å²) in [5.41, 5.74) is 8.17. The number of rotatable bonds is 2. The molecule has 3 aromatic rings. The number of para-hydroxylation sites is 1. The number of hydrogen-bond acceptors (Lipinski definition) is 3. The van der Waals surface area contributed by atoms with E-state index in [9.17, 15) is 0 Å². The fraction of sp³-hybridized carbons (Fsp3) is 0. The van der Waals surface area contributed by atoms with Gasteiger partial charge in [-0.3, -0.25) is 4.98 Å². The molecule has 0 bridgehead atoms. The molecule has 0 aliphatic heterocycles. The van der Waals surface area contributed by atoms with Crippen LogP contribution in [0.2, 0.25) is 0 Å². The molecule has 0 amide bonds. The molecule has 19 heavy (non-hydrogen) atoms. The third kappa shape index (κ3) is 1.81. The Balaban J connectivity index is 2.29. The van der Waals surface area contributed by atoms with Gasteiger partial charge in [0.1, 0.15) is 0 Å². The number of nitrogens with two attached hydrogens (primary N) is 1. The second-order valence-electron chi connectivity index (χ2n) is 4.10. The van der Waals surface area contributed by atoms with E-state index in [0.717, 1.165) is 16.6 Å². The van der Waals surface area contributed by atoms with E-state index in [0.29, 0.717) is 5.69 Å². The fourth-order valence-electron chi connectivity index (χ4n) is 2.14. The Morgan fingerprint density at radius 1 is 1.16 bits per heavy atom. The standard InChI is InChI=1S/C14H12N4O/c15-14(17-19)13-6-3-9-18(13)12-7-8-16-11-5-2-1-4-10(11)12/h1-9,19H,(H2,15,17). The lowest BCUT2D eigenvalue weighted by molar-refractivity contribution is 0.318. The Labute approximate surface area is 109 Å². The van der Waals surface area contributed by atoms with E-state index in [4.69, 9.17) is 10.9 Å². The van der Waals surface area contributed by atoms with Crippen molar-refractivity contribution in [2.45, 2.75) is 0 Å². The number of nitrogens with zero attached hydrogens (tertiary/aromatic N) is 3. The molecule has 94 valence electrons. The molecular weight excluding hydrogens is 240 g/mol. The van der Waals surface area contributed by atoms with Crippen LogP contribution in [-0.2, 0) is 0 Å². The number of pyridine rings is 1. The SMILES string of the molecule is N/C(=N/O)c1cccn1-c1ccnc2ccccc12. The molecular formula is C14H12N4O. The van der Waals surface area contributed by atoms with Gasteiger partial charge in [0.05, 0.1) is 16.9 Å². The summed E-state index contributed by atoms with van der Waals surface area (Å²) in [6.07, 6.45) is 3.61. The van der Waals surface area contributed by atoms with Crippen molar-refractivity contribution in [2.75, 3.05) is 0 Å². The highest BCUT2D eigenvalue weighted by Gasteiger charge is 2.10. The summed E-state index contributed by atoms with van der Waals surface area (Å²) in [4.78, 5) is 4.32. The number of amidine groups is 1. The molecule has 2 aromatic heterocycles. The highest BCUT2D eigenvalue weighted by Crippen LogP contribution is 2.22. The van der Waals surface area contributed by atoms with Gasteiger partial charge in [0, 0.05) is 17.8 Å². The maximum absolute atomic E-state index is 8.83. The largest absolute Gasteiger partial charge is 0.409 e. The van der Waals surface area contributed by atoms with E-state index >= 15 is 0 Å². The summed E-state index contributed by atoms with van der Waals surface area (Å²) in [6, 6.07) is 13.4. The summed E-state index contributed by atoms with van der Waals surface area (Å²) in [5.74, 6) is 0.0749. The molecule has 0 atom stereocenters. The van der Waals surface area contributed by atoms with Crippen LogP contribution in [0.25, 0.3) is 16.6 Å². The van der Waals surface area contributed by atoms with Crippen LogP contribution in [-0.4, -0.2) is 20.6 Å². The minimum Gasteiger partial charge on any atom is -0.409 e. The zero-order valence-electron chi connectivity index (χ0n) is 10.1. The quantitative estimate of drug-likeness (QED) is 0.317. The second kappa shape index (κ2) is 4.45. The van der Waals surface area contributed by atoms with Gasteiger partial charge in [-0.1, -0.05) is 23.4 Å². The minimum absolute atomic E-state index is 0.0749. The zero-order chi connectivity index (χ0) is 13.2. The van der Waals surface area contributed by atoms with Gasteiger partial charge in [-0.2, -0.15) is 0 Å². The van der Waals surface area contributed by atoms with E-state index in [-0.39, 0.29) is 5.84 Å². The van der Waals surface area contributed by atoms with Crippen LogP contribution < -0.4 is 5.73 Å². The molecule has 0 spiro atoms. The van der Waals surface area contributed by atoms with Crippen molar-refractivity contribution in [2.24, 2.45) is 10.9 Å². The first-order valence-corrected chi connectivity index (χ1v) is 5.80. The predicted octanol–water partition coefficient (Wildman–Crippen LogP) is 2.12. The molecule has 0 radical (unpaired) electrons. The average molecular weight is 252 g/mol. The van der Waals surface area contributed by atoms with Crippen molar-refractivity contribution in [3.05, 3.63) is 60.6 Å². The molecule has 5 heteroatoms. The molecule has 0 aliphatic carbocycles. The second-order valence-corrected chi connectivity index (χ2v) is 4.10. The van der Waals surface area contributed by atoms with Gasteiger partial charge in [0.2, 0.25) is 0 Å². The average Bonchev–Trinajstić information content (AvgIpc) is 2.95. The highest BCUT2D eigenvalue weighted by molar-refractivity contribution is 5.97. The third-order valence-corrected chi connectivity index (χ3v) is 3.00. The van der Waals surface area contributed by atoms with Crippen molar-refractivity contribution in [3.8, 4) is 5.69 Å². The lowest BCUT2D eigenvalue weighted by Gasteiger charge is -2.10. The van der Waals surface area contributed by atoms with Crippen LogP contribution in [0.1, 0.15) is 5.69 Å². The Kier molecular flexibility index (Phi) is 2.64. The maximum atomic E-state index is 8.83. The van der Waals surface area contributed by atoms with Crippen LogP contribution in [0, 0.1) is 0 Å². The Morgan fingerprint density at radius 2 is 2.00 bits per heavy atom. The van der Waals surface area contributed by atoms with Gasteiger partial charge >= 0.3 is 0 Å². The summed E-state index contributed by atoms with van der Waals surface area (Å²) in [5, 5.41) is 12.9. The molecule has 0 aliphatic rings. The number of benzene rings is 1. The molecule has 0 fully saturated rings. The van der Waals surface area contributed by atoms with Gasteiger partial charge in [-0.25, -0.2) is 0 Å².